The molecule has 1 N–H and O–H groups in total. The van der Waals surface area contributed by atoms with E-state index in [-0.39, 0.29) is 11.9 Å². The van der Waals surface area contributed by atoms with Crippen LogP contribution in [0.15, 0.2) is 34.9 Å². The van der Waals surface area contributed by atoms with Crippen molar-refractivity contribution in [1.82, 2.24) is 14.8 Å². The predicted octanol–water partition coefficient (Wildman–Crippen LogP) is 4.70. The lowest BCUT2D eigenvalue weighted by molar-refractivity contribution is -0.192. The number of benzene rings is 1. The summed E-state index contributed by atoms with van der Waals surface area (Å²) in [7, 11) is 3.58. The highest BCUT2D eigenvalue weighted by atomic mass is 35.5. The van der Waals surface area contributed by atoms with Crippen molar-refractivity contribution in [2.24, 2.45) is 0 Å². The van der Waals surface area contributed by atoms with E-state index in [9.17, 15) is 18.0 Å². The Labute approximate surface area is 224 Å². The second-order valence-electron chi connectivity index (χ2n) is 9.85. The third-order valence-corrected chi connectivity index (χ3v) is 7.08. The van der Waals surface area contributed by atoms with Crippen LogP contribution in [-0.2, 0) is 20.7 Å². The van der Waals surface area contributed by atoms with Crippen LogP contribution in [0.1, 0.15) is 48.8 Å². The Balaban J connectivity index is 0.000000505. The van der Waals surface area contributed by atoms with Crippen molar-refractivity contribution >= 4 is 23.5 Å². The largest absolute Gasteiger partial charge is 0.490 e. The molecular weight excluding hydrogens is 527 g/mol. The number of amides is 1. The molecule has 210 valence electrons. The van der Waals surface area contributed by atoms with Gasteiger partial charge >= 0.3 is 12.1 Å². The number of morpholine rings is 1. The fourth-order valence-electron chi connectivity index (χ4n) is 4.88. The van der Waals surface area contributed by atoms with E-state index < -0.39 is 18.2 Å². The molecule has 1 aliphatic carbocycles. The molecule has 1 saturated heterocycles. The van der Waals surface area contributed by atoms with E-state index in [1.807, 2.05) is 25.3 Å². The van der Waals surface area contributed by atoms with E-state index in [4.69, 9.17) is 30.7 Å². The van der Waals surface area contributed by atoms with E-state index in [0.29, 0.717) is 25.1 Å². The molecule has 0 radical (unpaired) electrons. The molecular formula is C26H33ClF3N3O5. The molecule has 1 aromatic carbocycles. The number of nitrogens with zero attached hydrogens (tertiary/aromatic N) is 3. The van der Waals surface area contributed by atoms with Crippen LogP contribution in [0.2, 0.25) is 5.02 Å². The summed E-state index contributed by atoms with van der Waals surface area (Å²) in [4.78, 5) is 30.1. The van der Waals surface area contributed by atoms with Gasteiger partial charge in [-0.2, -0.15) is 13.2 Å². The van der Waals surface area contributed by atoms with Gasteiger partial charge in [0.2, 0.25) is 0 Å². The third-order valence-electron chi connectivity index (χ3n) is 6.83. The average Bonchev–Trinajstić information content (AvgIpc) is 3.31. The standard InChI is InChI=1S/C24H32ClN3O3.C2HF3O2/c1-16-13-26-23(31-16)18-6-10-20(11-7-18)28-14-22(24(29)27(2)3)30-15-21(28)12-17-4-8-19(25)9-5-17;3-2(4,5)1(6)7/h4-5,8-9,13,18,20-22H,6-7,10-12,14-15H2,1-3H3;(H,6,7)/t18?,20?,21-,22+;/m0./s1. The summed E-state index contributed by atoms with van der Waals surface area (Å²) in [6, 6.07) is 8.72. The molecule has 12 heteroatoms. The zero-order chi connectivity index (χ0) is 28.0. The highest BCUT2D eigenvalue weighted by Crippen LogP contribution is 2.36. The number of aryl methyl sites for hydroxylation is 1. The van der Waals surface area contributed by atoms with Crippen molar-refractivity contribution in [3.8, 4) is 0 Å². The minimum atomic E-state index is -5.08. The molecule has 1 aromatic heterocycles. The van der Waals surface area contributed by atoms with Gasteiger partial charge in [0, 0.05) is 43.7 Å². The van der Waals surface area contributed by atoms with Crippen LogP contribution in [0.5, 0.6) is 0 Å². The predicted molar refractivity (Wildman–Crippen MR) is 134 cm³/mol. The lowest BCUT2D eigenvalue weighted by atomic mass is 9.84. The number of carbonyl (C=O) groups is 2. The minimum absolute atomic E-state index is 0.0406. The number of likely N-dealkylation sites (N-methyl/N-ethyl adjacent to an activating group) is 1. The summed E-state index contributed by atoms with van der Waals surface area (Å²) in [5.74, 6) is -0.582. The number of carbonyl (C=O) groups excluding carboxylic acids is 1. The van der Waals surface area contributed by atoms with Crippen molar-refractivity contribution < 1.29 is 37.0 Å². The van der Waals surface area contributed by atoms with E-state index in [0.717, 1.165) is 48.8 Å². The van der Waals surface area contributed by atoms with Gasteiger partial charge < -0.3 is 19.2 Å². The Morgan fingerprint density at radius 3 is 2.26 bits per heavy atom. The third kappa shape index (κ3) is 8.18. The molecule has 2 aromatic rings. The SMILES string of the molecule is Cc1cnc(C2CCC(N3C[C@H](C(=O)N(C)C)OC[C@@H]3Cc3ccc(Cl)cc3)CC2)o1.O=C(O)C(F)(F)F. The number of alkyl halides is 3. The molecule has 2 aliphatic rings. The van der Waals surface area contributed by atoms with Gasteiger partial charge in [0.25, 0.3) is 5.91 Å². The molecule has 0 bridgehead atoms. The maximum Gasteiger partial charge on any atom is 0.490 e. The normalized spacial score (nSPS) is 24.3. The van der Waals surface area contributed by atoms with Gasteiger partial charge in [0.05, 0.1) is 12.8 Å². The number of aliphatic carboxylic acids is 1. The van der Waals surface area contributed by atoms with Gasteiger partial charge in [-0.3, -0.25) is 9.69 Å². The molecule has 8 nitrogen and oxygen atoms in total. The Kier molecular flexibility index (Phi) is 10.2. The van der Waals surface area contributed by atoms with E-state index >= 15 is 0 Å². The first-order valence-corrected chi connectivity index (χ1v) is 12.8. The number of halogens is 4. The Hall–Kier alpha value is -2.63. The van der Waals surface area contributed by atoms with Crippen LogP contribution in [-0.4, -0.2) is 83.4 Å². The number of carboxylic acids is 1. The Morgan fingerprint density at radius 1 is 1.16 bits per heavy atom. The van der Waals surface area contributed by atoms with Gasteiger partial charge in [-0.1, -0.05) is 23.7 Å². The Morgan fingerprint density at radius 2 is 1.76 bits per heavy atom. The van der Waals surface area contributed by atoms with Crippen LogP contribution >= 0.6 is 11.6 Å². The molecule has 0 unspecified atom stereocenters. The second kappa shape index (κ2) is 12.9. The molecule has 1 amide bonds. The van der Waals surface area contributed by atoms with Crippen molar-refractivity contribution in [2.75, 3.05) is 27.2 Å². The summed E-state index contributed by atoms with van der Waals surface area (Å²) in [6.07, 6.45) is 1.48. The first kappa shape index (κ1) is 29.9. The van der Waals surface area contributed by atoms with Crippen LogP contribution in [0.25, 0.3) is 0 Å². The van der Waals surface area contributed by atoms with Crippen molar-refractivity contribution in [3.63, 3.8) is 0 Å². The molecule has 4 rings (SSSR count). The summed E-state index contributed by atoms with van der Waals surface area (Å²) < 4.78 is 43.6. The molecule has 2 atom stereocenters. The van der Waals surface area contributed by atoms with Gasteiger partial charge in [-0.25, -0.2) is 9.78 Å². The smallest absolute Gasteiger partial charge is 0.475 e. The van der Waals surface area contributed by atoms with Crippen LogP contribution in [0.3, 0.4) is 0 Å². The minimum Gasteiger partial charge on any atom is -0.475 e. The van der Waals surface area contributed by atoms with Crippen LogP contribution in [0, 0.1) is 6.92 Å². The zero-order valence-corrected chi connectivity index (χ0v) is 22.3. The van der Waals surface area contributed by atoms with Gasteiger partial charge in [-0.15, -0.1) is 0 Å². The zero-order valence-electron chi connectivity index (χ0n) is 21.6. The number of hydrogen-bond acceptors (Lipinski definition) is 6. The monoisotopic (exact) mass is 559 g/mol. The molecule has 1 saturated carbocycles. The fourth-order valence-corrected chi connectivity index (χ4v) is 5.01. The number of rotatable bonds is 5. The fraction of sp³-hybridized carbons (Fsp3) is 0.577. The van der Waals surface area contributed by atoms with E-state index in [1.54, 1.807) is 19.0 Å². The number of carboxylic acid groups (broad SMARTS) is 1. The van der Waals surface area contributed by atoms with Crippen LogP contribution in [0.4, 0.5) is 13.2 Å². The second-order valence-corrected chi connectivity index (χ2v) is 10.3. The van der Waals surface area contributed by atoms with Crippen molar-refractivity contribution in [3.05, 3.63) is 52.7 Å². The summed E-state index contributed by atoms with van der Waals surface area (Å²) in [5.41, 5.74) is 1.24. The van der Waals surface area contributed by atoms with Gasteiger partial charge in [0.15, 0.2) is 5.89 Å². The maximum atomic E-state index is 12.6. The molecule has 2 heterocycles. The summed E-state index contributed by atoms with van der Waals surface area (Å²) in [6.45, 7) is 3.15. The number of oxazole rings is 1. The lowest BCUT2D eigenvalue weighted by Crippen LogP contribution is -2.58. The molecule has 0 spiro atoms. The number of hydrogen-bond donors (Lipinski definition) is 1. The average molecular weight is 560 g/mol. The number of ether oxygens (including phenoxy) is 1. The molecule has 2 fully saturated rings. The highest BCUT2D eigenvalue weighted by Gasteiger charge is 2.39. The molecule has 38 heavy (non-hydrogen) atoms. The maximum absolute atomic E-state index is 12.6. The van der Waals surface area contributed by atoms with Crippen LogP contribution < -0.4 is 0 Å². The summed E-state index contributed by atoms with van der Waals surface area (Å²) in [5, 5.41) is 7.87. The topological polar surface area (TPSA) is 96.1 Å². The first-order valence-electron chi connectivity index (χ1n) is 12.4. The van der Waals surface area contributed by atoms with Crippen molar-refractivity contribution in [2.45, 2.75) is 69.3 Å². The van der Waals surface area contributed by atoms with E-state index in [1.165, 1.54) is 5.56 Å². The first-order chi connectivity index (χ1) is 17.8. The summed E-state index contributed by atoms with van der Waals surface area (Å²) >= 11 is 6.06. The highest BCUT2D eigenvalue weighted by molar-refractivity contribution is 6.30. The molecule has 1 aliphatic heterocycles. The van der Waals surface area contributed by atoms with E-state index in [2.05, 4.69) is 22.0 Å². The van der Waals surface area contributed by atoms with Gasteiger partial charge in [0.1, 0.15) is 11.9 Å². The quantitative estimate of drug-likeness (QED) is 0.567. The number of aromatic nitrogens is 1. The van der Waals surface area contributed by atoms with Crippen molar-refractivity contribution in [1.29, 1.82) is 0 Å². The Bertz CT molecular complexity index is 1070. The van der Waals surface area contributed by atoms with Gasteiger partial charge in [-0.05, 0) is 56.7 Å². The lowest BCUT2D eigenvalue weighted by Gasteiger charge is -2.46.